The summed E-state index contributed by atoms with van der Waals surface area (Å²) in [5.74, 6) is 0.867. The van der Waals surface area contributed by atoms with Crippen LogP contribution in [-0.2, 0) is 10.0 Å². The van der Waals surface area contributed by atoms with Gasteiger partial charge in [0.05, 0.1) is 4.90 Å². The first-order valence-corrected chi connectivity index (χ1v) is 11.3. The lowest BCUT2D eigenvalue weighted by Gasteiger charge is -2.07. The number of nitrogens with zero attached hydrogens (tertiary/aromatic N) is 4. The number of hydrogen-bond donors (Lipinski definition) is 2. The Hall–Kier alpha value is -1.75. The van der Waals surface area contributed by atoms with Crippen LogP contribution < -0.4 is 4.72 Å². The second kappa shape index (κ2) is 8.51. The van der Waals surface area contributed by atoms with Crippen LogP contribution in [0.1, 0.15) is 19.8 Å². The third-order valence-corrected chi connectivity index (χ3v) is 6.35. The van der Waals surface area contributed by atoms with Gasteiger partial charge in [-0.25, -0.2) is 18.1 Å². The third kappa shape index (κ3) is 4.75. The molecule has 0 spiro atoms. The number of unbranched alkanes of at least 4 members (excludes halogenated alkanes) is 1. The quantitative estimate of drug-likeness (QED) is 0.413. The number of rotatable bonds is 9. The second-order valence-electron chi connectivity index (χ2n) is 6.53. The number of benzene rings is 1. The third-order valence-electron chi connectivity index (χ3n) is 4.07. The van der Waals surface area contributed by atoms with Crippen LogP contribution in [0.25, 0.3) is 22.1 Å². The SMILES string of the molecule is CCCCNS(=O)(=O)c1ccc2[nH]c3nc(SCCN(C)C)nnc3c2c1. The number of sulfonamides is 1. The normalized spacial score (nSPS) is 12.4. The number of hydrogen-bond acceptors (Lipinski definition) is 7. The van der Waals surface area contributed by atoms with Crippen molar-refractivity contribution in [3.8, 4) is 0 Å². The van der Waals surface area contributed by atoms with Gasteiger partial charge in [-0.05, 0) is 38.7 Å². The molecule has 0 atom stereocenters. The van der Waals surface area contributed by atoms with Crippen molar-refractivity contribution in [2.75, 3.05) is 32.9 Å². The second-order valence-corrected chi connectivity index (χ2v) is 9.36. The lowest BCUT2D eigenvalue weighted by molar-refractivity contribution is 0.437. The molecule has 8 nitrogen and oxygen atoms in total. The zero-order valence-corrected chi connectivity index (χ0v) is 17.3. The van der Waals surface area contributed by atoms with Crippen molar-refractivity contribution >= 4 is 43.9 Å². The highest BCUT2D eigenvalue weighted by atomic mass is 32.2. The molecule has 3 aromatic rings. The molecule has 0 saturated carbocycles. The lowest BCUT2D eigenvalue weighted by Crippen LogP contribution is -2.24. The van der Waals surface area contributed by atoms with Gasteiger partial charge in [0.1, 0.15) is 5.52 Å². The smallest absolute Gasteiger partial charge is 0.240 e. The molecule has 0 aliphatic heterocycles. The molecule has 0 unspecified atom stereocenters. The van der Waals surface area contributed by atoms with Crippen molar-refractivity contribution in [2.45, 2.75) is 29.8 Å². The van der Waals surface area contributed by atoms with E-state index in [1.807, 2.05) is 21.0 Å². The summed E-state index contributed by atoms with van der Waals surface area (Å²) in [4.78, 5) is 10.0. The minimum atomic E-state index is -3.54. The summed E-state index contributed by atoms with van der Waals surface area (Å²) in [6.45, 7) is 3.37. The Balaban J connectivity index is 1.89. The van der Waals surface area contributed by atoms with Crippen LogP contribution in [0.5, 0.6) is 0 Å². The number of aromatic amines is 1. The molecule has 0 aliphatic rings. The molecule has 1 aromatic carbocycles. The summed E-state index contributed by atoms with van der Waals surface area (Å²) in [5, 5.41) is 9.75. The Bertz CT molecular complexity index is 1030. The first-order chi connectivity index (χ1) is 12.9. The van der Waals surface area contributed by atoms with E-state index in [2.05, 4.69) is 29.8 Å². The highest BCUT2D eigenvalue weighted by Gasteiger charge is 2.16. The van der Waals surface area contributed by atoms with Crippen LogP contribution in [0, 0.1) is 0 Å². The van der Waals surface area contributed by atoms with Gasteiger partial charge in [-0.2, -0.15) is 0 Å². The molecule has 0 bridgehead atoms. The van der Waals surface area contributed by atoms with Crippen LogP contribution >= 0.6 is 11.8 Å². The Morgan fingerprint density at radius 2 is 2.07 bits per heavy atom. The van der Waals surface area contributed by atoms with E-state index in [-0.39, 0.29) is 4.90 Å². The topological polar surface area (TPSA) is 104 Å². The Morgan fingerprint density at radius 3 is 2.81 bits per heavy atom. The summed E-state index contributed by atoms with van der Waals surface area (Å²) in [6.07, 6.45) is 1.73. The molecule has 0 saturated heterocycles. The van der Waals surface area contributed by atoms with Crippen molar-refractivity contribution in [1.82, 2.24) is 29.8 Å². The summed E-state index contributed by atoms with van der Waals surface area (Å²) >= 11 is 1.54. The minimum absolute atomic E-state index is 0.221. The van der Waals surface area contributed by atoms with Crippen LogP contribution in [0.4, 0.5) is 0 Å². The molecule has 0 amide bonds. The Morgan fingerprint density at radius 1 is 1.26 bits per heavy atom. The van der Waals surface area contributed by atoms with E-state index < -0.39 is 10.0 Å². The maximum atomic E-state index is 12.5. The van der Waals surface area contributed by atoms with Crippen LogP contribution in [0.2, 0.25) is 0 Å². The molecule has 2 heterocycles. The Kier molecular flexibility index (Phi) is 6.30. The molecule has 3 rings (SSSR count). The van der Waals surface area contributed by atoms with E-state index in [1.54, 1.807) is 18.2 Å². The molecule has 2 aromatic heterocycles. The fraction of sp³-hybridized carbons (Fsp3) is 0.471. The standard InChI is InChI=1S/C17H24N6O2S2/c1-4-5-8-18-27(24,25)12-6-7-14-13(11-12)15-16(19-14)20-17(22-21-15)26-10-9-23(2)3/h6-7,11,18H,4-5,8-10H2,1-3H3,(H,19,20,22). The van der Waals surface area contributed by atoms with Gasteiger partial charge in [0.15, 0.2) is 5.65 Å². The summed E-state index contributed by atoms with van der Waals surface area (Å²) in [7, 11) is 0.494. The number of thioether (sulfide) groups is 1. The average Bonchev–Trinajstić information content (AvgIpc) is 2.98. The summed E-state index contributed by atoms with van der Waals surface area (Å²) in [6, 6.07) is 4.95. The Labute approximate surface area is 163 Å². The predicted octanol–water partition coefficient (Wildman–Crippen LogP) is 2.24. The minimum Gasteiger partial charge on any atom is -0.338 e. The molecule has 27 heavy (non-hydrogen) atoms. The van der Waals surface area contributed by atoms with E-state index in [1.165, 1.54) is 11.8 Å². The molecule has 0 fully saturated rings. The van der Waals surface area contributed by atoms with E-state index in [9.17, 15) is 8.42 Å². The number of fused-ring (bicyclic) bond motifs is 3. The fourth-order valence-corrected chi connectivity index (χ4v) is 4.54. The maximum Gasteiger partial charge on any atom is 0.240 e. The van der Waals surface area contributed by atoms with Crippen LogP contribution in [0.3, 0.4) is 0 Å². The van der Waals surface area contributed by atoms with E-state index >= 15 is 0 Å². The van der Waals surface area contributed by atoms with Gasteiger partial charge in [-0.15, -0.1) is 10.2 Å². The zero-order chi connectivity index (χ0) is 19.4. The largest absolute Gasteiger partial charge is 0.338 e. The van der Waals surface area contributed by atoms with Crippen molar-refractivity contribution < 1.29 is 8.42 Å². The van der Waals surface area contributed by atoms with Crippen LogP contribution in [0.15, 0.2) is 28.3 Å². The van der Waals surface area contributed by atoms with Crippen molar-refractivity contribution in [2.24, 2.45) is 0 Å². The highest BCUT2D eigenvalue weighted by molar-refractivity contribution is 7.99. The van der Waals surface area contributed by atoms with Gasteiger partial charge >= 0.3 is 0 Å². The van der Waals surface area contributed by atoms with Gasteiger partial charge in [-0.3, -0.25) is 0 Å². The van der Waals surface area contributed by atoms with Gasteiger partial charge < -0.3 is 9.88 Å². The molecule has 0 radical (unpaired) electrons. The van der Waals surface area contributed by atoms with E-state index in [4.69, 9.17) is 0 Å². The molecule has 2 N–H and O–H groups in total. The lowest BCUT2D eigenvalue weighted by atomic mass is 10.2. The molecular weight excluding hydrogens is 384 g/mol. The summed E-state index contributed by atoms with van der Waals surface area (Å²) < 4.78 is 27.5. The first-order valence-electron chi connectivity index (χ1n) is 8.84. The van der Waals surface area contributed by atoms with Crippen molar-refractivity contribution in [3.05, 3.63) is 18.2 Å². The summed E-state index contributed by atoms with van der Waals surface area (Å²) in [5.41, 5.74) is 1.98. The van der Waals surface area contributed by atoms with Crippen molar-refractivity contribution in [1.29, 1.82) is 0 Å². The van der Waals surface area contributed by atoms with Gasteiger partial charge in [0.25, 0.3) is 0 Å². The first kappa shape index (κ1) is 20.0. The fourth-order valence-electron chi connectivity index (χ4n) is 2.55. The van der Waals surface area contributed by atoms with Crippen LogP contribution in [-0.4, -0.2) is 66.4 Å². The predicted molar refractivity (Wildman–Crippen MR) is 109 cm³/mol. The average molecular weight is 409 g/mol. The monoisotopic (exact) mass is 408 g/mol. The van der Waals surface area contributed by atoms with Gasteiger partial charge in [-0.1, -0.05) is 25.1 Å². The number of aromatic nitrogens is 4. The molecule has 10 heteroatoms. The van der Waals surface area contributed by atoms with Gasteiger partial charge in [0, 0.05) is 29.7 Å². The van der Waals surface area contributed by atoms with E-state index in [0.29, 0.717) is 28.3 Å². The number of nitrogens with one attached hydrogen (secondary N) is 2. The van der Waals surface area contributed by atoms with Gasteiger partial charge in [0.2, 0.25) is 15.2 Å². The molecule has 0 aliphatic carbocycles. The zero-order valence-electron chi connectivity index (χ0n) is 15.7. The highest BCUT2D eigenvalue weighted by Crippen LogP contribution is 2.26. The molecular formula is C17H24N6O2S2. The molecule has 146 valence electrons. The van der Waals surface area contributed by atoms with Crippen molar-refractivity contribution in [3.63, 3.8) is 0 Å². The van der Waals surface area contributed by atoms with E-state index in [0.717, 1.165) is 30.7 Å². The maximum absolute atomic E-state index is 12.5. The number of H-pyrrole nitrogens is 1.